The molecule has 4 N–H and O–H groups in total. The number of aromatic nitrogens is 4. The third-order valence-electron chi connectivity index (χ3n) is 10.8. The van der Waals surface area contributed by atoms with Gasteiger partial charge in [0.1, 0.15) is 23.7 Å². The molecule has 3 aliphatic heterocycles. The molecule has 0 bridgehead atoms. The summed E-state index contributed by atoms with van der Waals surface area (Å²) >= 11 is 0. The van der Waals surface area contributed by atoms with Gasteiger partial charge in [-0.25, -0.2) is 19.6 Å². The lowest BCUT2D eigenvalue weighted by Crippen LogP contribution is -2.54. The van der Waals surface area contributed by atoms with E-state index < -0.39 is 24.3 Å². The van der Waals surface area contributed by atoms with Crippen LogP contribution in [0.4, 0.5) is 9.59 Å². The average molecular weight is 723 g/mol. The van der Waals surface area contributed by atoms with E-state index in [0.717, 1.165) is 77.4 Å². The summed E-state index contributed by atoms with van der Waals surface area (Å²) in [5, 5.41) is 5.37. The van der Waals surface area contributed by atoms with Gasteiger partial charge in [-0.3, -0.25) is 9.59 Å². The highest BCUT2D eigenvalue weighted by atomic mass is 16.5. The van der Waals surface area contributed by atoms with Crippen molar-refractivity contribution in [1.82, 2.24) is 40.4 Å². The first-order chi connectivity index (χ1) is 25.6. The standard InChI is InChI=1S/C39H46N8O6/c1-22(2)33(45-39(51)53-4)37(49)46-19-5-6-31(46)34-40-20-29(42-34)25-11-7-23(8-12-25)24-9-13-26(14-10-24)30-21-41-35(43-30)32-18-16-27-15-17-28(36(48)47(27)32)44-38(50)52-3/h7-14,20-22,27-28,31-33H,5-6,15-19H2,1-4H3,(H,40,42)(H,41,43)(H,44,50)(H,45,51)/t27-,28-,31-,32-,33-/m0/s1. The summed E-state index contributed by atoms with van der Waals surface area (Å²) < 4.78 is 9.47. The smallest absolute Gasteiger partial charge is 0.407 e. The summed E-state index contributed by atoms with van der Waals surface area (Å²) in [6, 6.07) is 15.0. The number of nitrogens with one attached hydrogen (secondary N) is 4. The minimum absolute atomic E-state index is 0.0889. The summed E-state index contributed by atoms with van der Waals surface area (Å²) in [6.45, 7) is 4.40. The molecule has 7 rings (SSSR count). The van der Waals surface area contributed by atoms with Crippen molar-refractivity contribution in [3.8, 4) is 33.6 Å². The fourth-order valence-corrected chi connectivity index (χ4v) is 7.95. The van der Waals surface area contributed by atoms with Crippen LogP contribution < -0.4 is 10.6 Å². The Morgan fingerprint density at radius 1 is 0.755 bits per heavy atom. The lowest BCUT2D eigenvalue weighted by molar-refractivity contribution is -0.139. The molecule has 14 nitrogen and oxygen atoms in total. The average Bonchev–Trinajstić information content (AvgIpc) is 4.01. The Kier molecular flexibility index (Phi) is 10.2. The third kappa shape index (κ3) is 7.22. The van der Waals surface area contributed by atoms with E-state index in [4.69, 9.17) is 9.47 Å². The number of methoxy groups -OCH3 is 2. The molecule has 2 aromatic carbocycles. The largest absolute Gasteiger partial charge is 0.453 e. The first-order valence-electron chi connectivity index (χ1n) is 18.3. The molecule has 14 heteroatoms. The Hall–Kier alpha value is -5.66. The van der Waals surface area contributed by atoms with Crippen molar-refractivity contribution in [1.29, 1.82) is 0 Å². The van der Waals surface area contributed by atoms with E-state index >= 15 is 0 Å². The fraction of sp³-hybridized carbons (Fsp3) is 0.436. The Balaban J connectivity index is 1.00. The van der Waals surface area contributed by atoms with E-state index in [1.54, 1.807) is 11.1 Å². The number of ether oxygens (including phenoxy) is 2. The van der Waals surface area contributed by atoms with E-state index in [1.165, 1.54) is 14.2 Å². The molecule has 0 saturated carbocycles. The number of imidazole rings is 2. The van der Waals surface area contributed by atoms with Crippen LogP contribution in [0.25, 0.3) is 33.6 Å². The molecule has 0 unspecified atom stereocenters. The molecular formula is C39H46N8O6. The molecule has 5 heterocycles. The molecule has 53 heavy (non-hydrogen) atoms. The summed E-state index contributed by atoms with van der Waals surface area (Å²) in [5.74, 6) is 1.14. The van der Waals surface area contributed by atoms with Gasteiger partial charge in [-0.15, -0.1) is 0 Å². The van der Waals surface area contributed by atoms with E-state index in [2.05, 4.69) is 79.1 Å². The van der Waals surface area contributed by atoms with Crippen LogP contribution >= 0.6 is 0 Å². The van der Waals surface area contributed by atoms with Crippen LogP contribution in [0.1, 0.15) is 76.1 Å². The molecule has 2 aromatic heterocycles. The minimum Gasteiger partial charge on any atom is -0.453 e. The summed E-state index contributed by atoms with van der Waals surface area (Å²) in [5.41, 5.74) is 5.82. The van der Waals surface area contributed by atoms with Gasteiger partial charge in [0, 0.05) is 12.6 Å². The number of carbonyl (C=O) groups excluding carboxylic acids is 4. The number of carbonyl (C=O) groups is 4. The zero-order chi connectivity index (χ0) is 37.2. The third-order valence-corrected chi connectivity index (χ3v) is 10.8. The molecule has 0 radical (unpaired) electrons. The minimum atomic E-state index is -0.685. The van der Waals surface area contributed by atoms with Crippen LogP contribution in [0, 0.1) is 5.92 Å². The number of nitrogens with zero attached hydrogens (tertiary/aromatic N) is 4. The van der Waals surface area contributed by atoms with Crippen LogP contribution in [0.3, 0.4) is 0 Å². The van der Waals surface area contributed by atoms with Crippen molar-refractivity contribution >= 4 is 24.0 Å². The predicted octanol–water partition coefficient (Wildman–Crippen LogP) is 5.73. The van der Waals surface area contributed by atoms with Crippen LogP contribution in [0.2, 0.25) is 0 Å². The maximum absolute atomic E-state index is 13.5. The molecule has 4 aromatic rings. The highest BCUT2D eigenvalue weighted by Gasteiger charge is 2.45. The van der Waals surface area contributed by atoms with Crippen LogP contribution in [0.15, 0.2) is 60.9 Å². The quantitative estimate of drug-likeness (QED) is 0.170. The zero-order valence-electron chi connectivity index (χ0n) is 30.4. The SMILES string of the molecule is COC(=O)N[C@H]1CC[C@H]2CC[C@@H](c3ncc(-c4ccc(-c5ccc(-c6cnc([C@@H]7CCCN7C(=O)[C@@H](NC(=O)OC)C(C)C)[nH]6)cc5)cc4)[nH]3)N2C1=O. The number of alkyl carbamates (subject to hydrolysis) is 2. The Morgan fingerprint density at radius 3 is 1.87 bits per heavy atom. The second-order valence-corrected chi connectivity index (χ2v) is 14.3. The first-order valence-corrected chi connectivity index (χ1v) is 18.3. The number of aromatic amines is 2. The molecule has 0 aliphatic carbocycles. The number of rotatable bonds is 9. The number of fused-ring (bicyclic) bond motifs is 1. The molecule has 5 atom stereocenters. The zero-order valence-corrected chi connectivity index (χ0v) is 30.4. The molecule has 278 valence electrons. The van der Waals surface area contributed by atoms with Crippen molar-refractivity contribution in [2.24, 2.45) is 5.92 Å². The molecule has 0 spiro atoms. The Labute approximate surface area is 308 Å². The monoisotopic (exact) mass is 722 g/mol. The second kappa shape index (κ2) is 15.1. The topological polar surface area (TPSA) is 175 Å². The van der Waals surface area contributed by atoms with Gasteiger partial charge in [-0.1, -0.05) is 62.4 Å². The van der Waals surface area contributed by atoms with E-state index in [-0.39, 0.29) is 35.9 Å². The number of hydrogen-bond donors (Lipinski definition) is 4. The molecule has 3 aliphatic rings. The Morgan fingerprint density at radius 2 is 1.30 bits per heavy atom. The van der Waals surface area contributed by atoms with Gasteiger partial charge in [0.15, 0.2) is 0 Å². The summed E-state index contributed by atoms with van der Waals surface area (Å²) in [4.78, 5) is 70.5. The Bertz CT molecular complexity index is 1950. The van der Waals surface area contributed by atoms with Gasteiger partial charge >= 0.3 is 12.2 Å². The van der Waals surface area contributed by atoms with Gasteiger partial charge in [0.05, 0.1) is 50.1 Å². The number of amides is 4. The van der Waals surface area contributed by atoms with E-state index in [9.17, 15) is 19.2 Å². The van der Waals surface area contributed by atoms with Crippen LogP contribution in [-0.4, -0.2) is 92.6 Å². The maximum Gasteiger partial charge on any atom is 0.407 e. The lowest BCUT2D eigenvalue weighted by atomic mass is 9.98. The van der Waals surface area contributed by atoms with Gasteiger partial charge in [0.25, 0.3) is 0 Å². The number of H-pyrrole nitrogens is 2. The summed E-state index contributed by atoms with van der Waals surface area (Å²) in [6.07, 6.45) is 7.18. The van der Waals surface area contributed by atoms with E-state index in [0.29, 0.717) is 13.0 Å². The van der Waals surface area contributed by atoms with Crippen LogP contribution in [-0.2, 0) is 19.1 Å². The van der Waals surface area contributed by atoms with Gasteiger partial charge in [-0.05, 0) is 66.7 Å². The van der Waals surface area contributed by atoms with E-state index in [1.807, 2.05) is 24.9 Å². The highest BCUT2D eigenvalue weighted by molar-refractivity contribution is 5.87. The van der Waals surface area contributed by atoms with Crippen LogP contribution in [0.5, 0.6) is 0 Å². The molecule has 4 amide bonds. The van der Waals surface area contributed by atoms with Gasteiger partial charge in [0.2, 0.25) is 11.8 Å². The highest BCUT2D eigenvalue weighted by Crippen LogP contribution is 2.41. The number of piperidine rings is 1. The van der Waals surface area contributed by atoms with Crippen molar-refractivity contribution < 1.29 is 28.7 Å². The normalized spacial score (nSPS) is 21.7. The number of likely N-dealkylation sites (tertiary alicyclic amines) is 1. The first kappa shape index (κ1) is 35.7. The number of hydrogen-bond acceptors (Lipinski definition) is 8. The lowest BCUT2D eigenvalue weighted by Gasteiger charge is -2.37. The van der Waals surface area contributed by atoms with Crippen molar-refractivity contribution in [2.45, 2.75) is 82.6 Å². The number of benzene rings is 2. The van der Waals surface area contributed by atoms with Crippen molar-refractivity contribution in [3.63, 3.8) is 0 Å². The maximum atomic E-state index is 13.5. The van der Waals surface area contributed by atoms with Crippen molar-refractivity contribution in [2.75, 3.05) is 20.8 Å². The molecule has 3 saturated heterocycles. The van der Waals surface area contributed by atoms with Gasteiger partial charge < -0.3 is 39.9 Å². The summed E-state index contributed by atoms with van der Waals surface area (Å²) in [7, 11) is 2.59. The predicted molar refractivity (Wildman–Crippen MR) is 196 cm³/mol. The van der Waals surface area contributed by atoms with Crippen molar-refractivity contribution in [3.05, 3.63) is 72.6 Å². The molecule has 3 fully saturated rings. The second-order valence-electron chi connectivity index (χ2n) is 14.3. The fourth-order valence-electron chi connectivity index (χ4n) is 7.95. The van der Waals surface area contributed by atoms with Gasteiger partial charge in [-0.2, -0.15) is 0 Å². The molecular weight excluding hydrogens is 676 g/mol.